The Morgan fingerprint density at radius 2 is 1.73 bits per heavy atom. The summed E-state index contributed by atoms with van der Waals surface area (Å²) in [6.07, 6.45) is 4.07. The zero-order valence-corrected chi connectivity index (χ0v) is 21.1. The second kappa shape index (κ2) is 10.8. The fourth-order valence-corrected chi connectivity index (χ4v) is 5.13. The molecular weight excluding hydrogens is 466 g/mol. The average molecular weight is 498 g/mol. The van der Waals surface area contributed by atoms with Crippen LogP contribution in [0, 0.1) is 6.92 Å². The Morgan fingerprint density at radius 3 is 2.51 bits per heavy atom. The van der Waals surface area contributed by atoms with Crippen LogP contribution < -0.4 is 15.0 Å². The lowest BCUT2D eigenvalue weighted by Gasteiger charge is -2.33. The number of amides is 2. The van der Waals surface area contributed by atoms with E-state index in [0.717, 1.165) is 42.3 Å². The van der Waals surface area contributed by atoms with E-state index >= 15 is 0 Å². The topological polar surface area (TPSA) is 89.3 Å². The summed E-state index contributed by atoms with van der Waals surface area (Å²) >= 11 is 0. The summed E-state index contributed by atoms with van der Waals surface area (Å²) in [5.41, 5.74) is 3.66. The molecule has 0 aliphatic heterocycles. The Balaban J connectivity index is 1.61. The van der Waals surface area contributed by atoms with E-state index in [4.69, 9.17) is 4.74 Å². The van der Waals surface area contributed by atoms with Crippen LogP contribution in [0.5, 0.6) is 5.75 Å². The van der Waals surface area contributed by atoms with Gasteiger partial charge >= 0.3 is 0 Å². The van der Waals surface area contributed by atoms with Crippen molar-refractivity contribution in [2.24, 2.45) is 0 Å². The van der Waals surface area contributed by atoms with Crippen molar-refractivity contribution in [2.75, 3.05) is 12.0 Å². The largest absolute Gasteiger partial charge is 0.495 e. The van der Waals surface area contributed by atoms with Crippen LogP contribution in [0.2, 0.25) is 0 Å². The molecule has 0 spiro atoms. The SMILES string of the molecule is COc1ccccc1N(C(=O)Cn1nnc2ccccc21)[C@H](C(=O)NC1CCCC1)c1ccccc1C. The Morgan fingerprint density at radius 1 is 1.03 bits per heavy atom. The zero-order chi connectivity index (χ0) is 25.8. The monoisotopic (exact) mass is 497 g/mol. The predicted octanol–water partition coefficient (Wildman–Crippen LogP) is 4.58. The van der Waals surface area contributed by atoms with Gasteiger partial charge in [0.05, 0.1) is 18.3 Å². The minimum atomic E-state index is -0.889. The van der Waals surface area contributed by atoms with E-state index in [0.29, 0.717) is 17.0 Å². The van der Waals surface area contributed by atoms with Crippen molar-refractivity contribution in [3.8, 4) is 5.75 Å². The van der Waals surface area contributed by atoms with Gasteiger partial charge in [-0.15, -0.1) is 5.10 Å². The molecule has 0 radical (unpaired) electrons. The molecule has 1 atom stereocenters. The number of methoxy groups -OCH3 is 1. The molecule has 1 heterocycles. The number of hydrogen-bond acceptors (Lipinski definition) is 5. The number of ether oxygens (including phenoxy) is 1. The van der Waals surface area contributed by atoms with Gasteiger partial charge in [0.25, 0.3) is 0 Å². The van der Waals surface area contributed by atoms with Crippen LogP contribution in [-0.2, 0) is 16.1 Å². The molecule has 8 heteroatoms. The van der Waals surface area contributed by atoms with Crippen LogP contribution in [0.15, 0.2) is 72.8 Å². The molecule has 0 unspecified atom stereocenters. The van der Waals surface area contributed by atoms with E-state index in [9.17, 15) is 9.59 Å². The average Bonchev–Trinajstić information content (AvgIpc) is 3.58. The molecule has 2 amide bonds. The fourth-order valence-electron chi connectivity index (χ4n) is 5.13. The highest BCUT2D eigenvalue weighted by molar-refractivity contribution is 6.02. The van der Waals surface area contributed by atoms with Crippen LogP contribution in [0.25, 0.3) is 11.0 Å². The number of para-hydroxylation sites is 3. The maximum absolute atomic E-state index is 14.2. The molecule has 0 bridgehead atoms. The smallest absolute Gasteiger partial charge is 0.249 e. The molecule has 1 fully saturated rings. The summed E-state index contributed by atoms with van der Waals surface area (Å²) in [6.45, 7) is 1.87. The minimum absolute atomic E-state index is 0.0857. The van der Waals surface area contributed by atoms with Gasteiger partial charge in [-0.2, -0.15) is 0 Å². The number of aromatic nitrogens is 3. The number of hydrogen-bond donors (Lipinski definition) is 1. The summed E-state index contributed by atoms with van der Waals surface area (Å²) in [4.78, 5) is 29.8. The number of fused-ring (bicyclic) bond motifs is 1. The van der Waals surface area contributed by atoms with Gasteiger partial charge in [0.1, 0.15) is 23.9 Å². The maximum Gasteiger partial charge on any atom is 0.249 e. The third-order valence-corrected chi connectivity index (χ3v) is 7.01. The molecule has 4 aromatic rings. The molecule has 8 nitrogen and oxygen atoms in total. The molecule has 1 aliphatic rings. The minimum Gasteiger partial charge on any atom is -0.495 e. The maximum atomic E-state index is 14.2. The lowest BCUT2D eigenvalue weighted by atomic mass is 9.97. The van der Waals surface area contributed by atoms with Gasteiger partial charge in [-0.1, -0.05) is 66.6 Å². The normalized spacial score (nSPS) is 14.4. The number of benzene rings is 3. The number of anilines is 1. The molecule has 190 valence electrons. The Bertz CT molecular complexity index is 1410. The van der Waals surface area contributed by atoms with Gasteiger partial charge in [-0.05, 0) is 55.2 Å². The van der Waals surface area contributed by atoms with Crippen LogP contribution in [0.3, 0.4) is 0 Å². The van der Waals surface area contributed by atoms with Crippen molar-refractivity contribution in [2.45, 2.75) is 51.2 Å². The first-order valence-electron chi connectivity index (χ1n) is 12.7. The Labute approximate surface area is 216 Å². The summed E-state index contributed by atoms with van der Waals surface area (Å²) in [5.74, 6) is 0.00503. The highest BCUT2D eigenvalue weighted by Gasteiger charge is 2.36. The van der Waals surface area contributed by atoms with Crippen LogP contribution in [0.1, 0.15) is 42.9 Å². The van der Waals surface area contributed by atoms with Crippen LogP contribution >= 0.6 is 0 Å². The van der Waals surface area contributed by atoms with Gasteiger partial charge < -0.3 is 10.1 Å². The Hall–Kier alpha value is -4.20. The third-order valence-electron chi connectivity index (χ3n) is 7.01. The van der Waals surface area contributed by atoms with E-state index in [1.165, 1.54) is 0 Å². The third kappa shape index (κ3) is 5.05. The van der Waals surface area contributed by atoms with Crippen molar-refractivity contribution in [1.29, 1.82) is 0 Å². The van der Waals surface area contributed by atoms with E-state index in [1.54, 1.807) is 22.8 Å². The van der Waals surface area contributed by atoms with Crippen LogP contribution in [0.4, 0.5) is 5.69 Å². The van der Waals surface area contributed by atoms with Gasteiger partial charge in [-0.25, -0.2) is 4.68 Å². The number of carbonyl (C=O) groups excluding carboxylic acids is 2. The molecule has 37 heavy (non-hydrogen) atoms. The second-order valence-corrected chi connectivity index (χ2v) is 9.42. The summed E-state index contributed by atoms with van der Waals surface area (Å²) in [5, 5.41) is 11.6. The summed E-state index contributed by atoms with van der Waals surface area (Å²) in [6, 6.07) is 21.7. The van der Waals surface area contributed by atoms with Gasteiger partial charge in [0.15, 0.2) is 0 Å². The molecule has 5 rings (SSSR count). The van der Waals surface area contributed by atoms with E-state index in [1.807, 2.05) is 73.7 Å². The summed E-state index contributed by atoms with van der Waals surface area (Å²) < 4.78 is 7.22. The zero-order valence-electron chi connectivity index (χ0n) is 21.1. The van der Waals surface area contributed by atoms with Gasteiger partial charge in [0, 0.05) is 6.04 Å². The quantitative estimate of drug-likeness (QED) is 0.385. The van der Waals surface area contributed by atoms with Gasteiger partial charge in [0.2, 0.25) is 11.8 Å². The first kappa shape index (κ1) is 24.5. The van der Waals surface area contributed by atoms with Crippen molar-refractivity contribution < 1.29 is 14.3 Å². The lowest BCUT2D eigenvalue weighted by Crippen LogP contribution is -2.47. The highest BCUT2D eigenvalue weighted by atomic mass is 16.5. The second-order valence-electron chi connectivity index (χ2n) is 9.42. The van der Waals surface area contributed by atoms with Crippen molar-refractivity contribution in [3.63, 3.8) is 0 Å². The van der Waals surface area contributed by atoms with Crippen molar-refractivity contribution >= 4 is 28.5 Å². The van der Waals surface area contributed by atoms with Gasteiger partial charge in [-0.3, -0.25) is 14.5 Å². The Kier molecular flexibility index (Phi) is 7.16. The highest BCUT2D eigenvalue weighted by Crippen LogP contribution is 2.36. The number of carbonyl (C=O) groups is 2. The number of nitrogens with one attached hydrogen (secondary N) is 1. The van der Waals surface area contributed by atoms with E-state index < -0.39 is 6.04 Å². The predicted molar refractivity (Wildman–Crippen MR) is 142 cm³/mol. The standard InChI is InChI=1S/C29H31N5O3/c1-20-11-3-6-14-22(20)28(29(36)30-21-12-4-5-13-21)34(25-17-9-10-18-26(25)37-2)27(35)19-33-24-16-8-7-15-23(24)31-32-33/h3,6-11,14-18,21,28H,4-5,12-13,19H2,1-2H3,(H,30,36)/t28-/m0/s1. The first-order valence-corrected chi connectivity index (χ1v) is 12.7. The molecule has 1 saturated carbocycles. The number of aryl methyl sites for hydroxylation is 1. The van der Waals surface area contributed by atoms with E-state index in [-0.39, 0.29) is 24.4 Å². The first-order chi connectivity index (χ1) is 18.1. The van der Waals surface area contributed by atoms with Crippen molar-refractivity contribution in [3.05, 3.63) is 83.9 Å². The number of nitrogens with zero attached hydrogens (tertiary/aromatic N) is 4. The van der Waals surface area contributed by atoms with Crippen molar-refractivity contribution in [1.82, 2.24) is 20.3 Å². The molecule has 1 N–H and O–H groups in total. The van der Waals surface area contributed by atoms with Crippen LogP contribution in [-0.4, -0.2) is 40.0 Å². The van der Waals surface area contributed by atoms with E-state index in [2.05, 4.69) is 15.6 Å². The lowest BCUT2D eigenvalue weighted by molar-refractivity contribution is -0.127. The molecule has 0 saturated heterocycles. The molecular formula is C29H31N5O3. The fraction of sp³-hybridized carbons (Fsp3) is 0.310. The molecule has 1 aliphatic carbocycles. The molecule has 3 aromatic carbocycles. The number of rotatable bonds is 8. The molecule has 1 aromatic heterocycles. The summed E-state index contributed by atoms with van der Waals surface area (Å²) in [7, 11) is 1.56.